The molecule has 100 valence electrons. The maximum absolute atomic E-state index is 13.8. The van der Waals surface area contributed by atoms with E-state index < -0.39 is 34.4 Å². The topological polar surface area (TPSA) is 0 Å². The number of rotatable bonds is 0. The van der Waals surface area contributed by atoms with Gasteiger partial charge in [-0.1, -0.05) is 36.4 Å². The summed E-state index contributed by atoms with van der Waals surface area (Å²) in [4.78, 5) is 0. The summed E-state index contributed by atoms with van der Waals surface area (Å²) in [6.07, 6.45) is 4.85. The summed E-state index contributed by atoms with van der Waals surface area (Å²) in [5.41, 5.74) is -0.0959. The zero-order valence-corrected chi connectivity index (χ0v) is 10.1. The van der Waals surface area contributed by atoms with Gasteiger partial charge in [-0.25, -0.2) is 17.6 Å². The third-order valence-corrected chi connectivity index (χ3v) is 3.15. The predicted octanol–water partition coefficient (Wildman–Crippen LogP) is 4.90. The molecule has 2 aromatic rings. The van der Waals surface area contributed by atoms with Crippen molar-refractivity contribution in [3.05, 3.63) is 69.8 Å². The van der Waals surface area contributed by atoms with Crippen molar-refractivity contribution in [2.45, 2.75) is 0 Å². The van der Waals surface area contributed by atoms with Gasteiger partial charge in [0.25, 0.3) is 0 Å². The number of benzene rings is 2. The fraction of sp³-hybridized carbons (Fsp3) is 0. The summed E-state index contributed by atoms with van der Waals surface area (Å²) < 4.78 is 55.2. The maximum Gasteiger partial charge on any atom is 0.169 e. The molecule has 0 N–H and O–H groups in total. The van der Waals surface area contributed by atoms with Gasteiger partial charge in [-0.3, -0.25) is 0 Å². The summed E-state index contributed by atoms with van der Waals surface area (Å²) in [6.45, 7) is 0. The fourth-order valence-electron chi connectivity index (χ4n) is 2.04. The minimum atomic E-state index is -1.39. The van der Waals surface area contributed by atoms with Gasteiger partial charge >= 0.3 is 0 Å². The van der Waals surface area contributed by atoms with Crippen molar-refractivity contribution >= 4 is 24.3 Å². The van der Waals surface area contributed by atoms with E-state index in [0.717, 1.165) is 12.2 Å². The third kappa shape index (κ3) is 1.93. The minimum absolute atomic E-state index is 0.673. The van der Waals surface area contributed by atoms with Crippen LogP contribution in [0.3, 0.4) is 0 Å². The molecule has 0 atom stereocenters. The average Bonchev–Trinajstić information content (AvgIpc) is 2.45. The lowest BCUT2D eigenvalue weighted by molar-refractivity contribution is 0.448. The van der Waals surface area contributed by atoms with E-state index in [4.69, 9.17) is 0 Å². The smallest absolute Gasteiger partial charge is 0.169 e. The van der Waals surface area contributed by atoms with Crippen LogP contribution in [0.5, 0.6) is 0 Å². The Hall–Kier alpha value is -2.36. The second-order valence-electron chi connectivity index (χ2n) is 4.42. The first-order valence-electron chi connectivity index (χ1n) is 5.90. The number of hydrogen-bond acceptors (Lipinski definition) is 0. The SMILES string of the molecule is Fc1c(F)c2c(F)c(F)c1C=Cc1ccc(cc1)C=C2. The van der Waals surface area contributed by atoms with E-state index in [-0.39, 0.29) is 0 Å². The Balaban J connectivity index is 2.37. The Bertz CT molecular complexity index is 647. The number of halogens is 4. The van der Waals surface area contributed by atoms with E-state index in [0.29, 0.717) is 11.1 Å². The van der Waals surface area contributed by atoms with Crippen LogP contribution in [-0.2, 0) is 0 Å². The van der Waals surface area contributed by atoms with Gasteiger partial charge in [-0.2, -0.15) is 0 Å². The summed E-state index contributed by atoms with van der Waals surface area (Å²) in [5, 5.41) is 0. The molecule has 0 radical (unpaired) electrons. The van der Waals surface area contributed by atoms with E-state index in [1.807, 2.05) is 0 Å². The highest BCUT2D eigenvalue weighted by Gasteiger charge is 2.22. The molecule has 4 heteroatoms. The molecule has 20 heavy (non-hydrogen) atoms. The molecule has 0 amide bonds. The predicted molar refractivity (Wildman–Crippen MR) is 70.6 cm³/mol. The lowest BCUT2D eigenvalue weighted by Gasteiger charge is -2.08. The molecule has 2 aromatic carbocycles. The Morgan fingerprint density at radius 3 is 1.05 bits per heavy atom. The Kier molecular flexibility index (Phi) is 2.93. The van der Waals surface area contributed by atoms with E-state index in [1.54, 1.807) is 24.3 Å². The van der Waals surface area contributed by atoms with Crippen LogP contribution >= 0.6 is 0 Å². The molecule has 4 aliphatic carbocycles. The van der Waals surface area contributed by atoms with Crippen LogP contribution in [0.2, 0.25) is 0 Å². The van der Waals surface area contributed by atoms with Crippen molar-refractivity contribution in [1.29, 1.82) is 0 Å². The van der Waals surface area contributed by atoms with Crippen LogP contribution in [0.4, 0.5) is 17.6 Å². The monoisotopic (exact) mass is 276 g/mol. The van der Waals surface area contributed by atoms with Crippen molar-refractivity contribution < 1.29 is 17.6 Å². The molecule has 0 fully saturated rings. The van der Waals surface area contributed by atoms with Crippen LogP contribution in [0.25, 0.3) is 24.3 Å². The van der Waals surface area contributed by atoms with Crippen molar-refractivity contribution in [1.82, 2.24) is 0 Å². The molecule has 0 heterocycles. The van der Waals surface area contributed by atoms with Gasteiger partial charge in [-0.15, -0.1) is 0 Å². The summed E-state index contributed by atoms with van der Waals surface area (Å²) in [5.74, 6) is -5.57. The van der Waals surface area contributed by atoms with Crippen LogP contribution in [0.1, 0.15) is 22.3 Å². The molecule has 0 aromatic heterocycles. The molecule has 4 aliphatic rings. The van der Waals surface area contributed by atoms with Crippen molar-refractivity contribution in [2.24, 2.45) is 0 Å². The maximum atomic E-state index is 13.8. The molecule has 0 saturated carbocycles. The second-order valence-corrected chi connectivity index (χ2v) is 4.42. The minimum Gasteiger partial charge on any atom is -0.203 e. The third-order valence-electron chi connectivity index (χ3n) is 3.15. The zero-order chi connectivity index (χ0) is 14.3. The van der Waals surface area contributed by atoms with Gasteiger partial charge in [-0.05, 0) is 23.3 Å². The molecule has 6 rings (SSSR count). The number of hydrogen-bond donors (Lipinski definition) is 0. The molecule has 0 spiro atoms. The van der Waals surface area contributed by atoms with Crippen molar-refractivity contribution in [2.75, 3.05) is 0 Å². The second kappa shape index (κ2) is 4.63. The molecular formula is C16H8F4. The highest BCUT2D eigenvalue weighted by Crippen LogP contribution is 2.28. The van der Waals surface area contributed by atoms with E-state index in [2.05, 4.69) is 0 Å². The summed E-state index contributed by atoms with van der Waals surface area (Å²) in [7, 11) is 0. The quantitative estimate of drug-likeness (QED) is 0.405. The van der Waals surface area contributed by atoms with Gasteiger partial charge in [0.05, 0.1) is 11.1 Å². The first-order chi connectivity index (χ1) is 9.58. The summed E-state index contributed by atoms with van der Waals surface area (Å²) in [6, 6.07) is 6.97. The largest absolute Gasteiger partial charge is 0.203 e. The molecule has 0 nitrogen and oxygen atoms in total. The standard InChI is InChI=1S/C16H8F4/c17-13-11-7-5-9-1-2-10(4-3-9)6-8-12(15(13)19)16(20)14(11)18/h1-8H. The molecule has 0 saturated heterocycles. The average molecular weight is 276 g/mol. The van der Waals surface area contributed by atoms with Gasteiger partial charge in [0.2, 0.25) is 0 Å². The molecule has 0 aliphatic heterocycles. The van der Waals surface area contributed by atoms with E-state index >= 15 is 0 Å². The van der Waals surface area contributed by atoms with Gasteiger partial charge < -0.3 is 0 Å². The van der Waals surface area contributed by atoms with Crippen LogP contribution < -0.4 is 0 Å². The van der Waals surface area contributed by atoms with Gasteiger partial charge in [0.1, 0.15) is 0 Å². The molecular weight excluding hydrogens is 268 g/mol. The highest BCUT2D eigenvalue weighted by atomic mass is 19.2. The first kappa shape index (κ1) is 12.7. The van der Waals surface area contributed by atoms with E-state index in [9.17, 15) is 17.6 Å². The molecule has 0 unspecified atom stereocenters. The Morgan fingerprint density at radius 1 is 0.450 bits per heavy atom. The van der Waals surface area contributed by atoms with Crippen molar-refractivity contribution in [3.8, 4) is 0 Å². The van der Waals surface area contributed by atoms with Crippen LogP contribution in [0, 0.1) is 23.3 Å². The fourth-order valence-corrected chi connectivity index (χ4v) is 2.04. The summed E-state index contributed by atoms with van der Waals surface area (Å²) >= 11 is 0. The molecule has 4 bridgehead atoms. The normalized spacial score (nSPS) is 12.6. The van der Waals surface area contributed by atoms with E-state index in [1.165, 1.54) is 12.2 Å². The van der Waals surface area contributed by atoms with Gasteiger partial charge in [0, 0.05) is 0 Å². The Labute approximate surface area is 112 Å². The Morgan fingerprint density at radius 2 is 0.750 bits per heavy atom. The van der Waals surface area contributed by atoms with Crippen LogP contribution in [-0.4, -0.2) is 0 Å². The first-order valence-corrected chi connectivity index (χ1v) is 5.90. The van der Waals surface area contributed by atoms with Crippen LogP contribution in [0.15, 0.2) is 24.3 Å². The highest BCUT2D eigenvalue weighted by molar-refractivity contribution is 5.76. The van der Waals surface area contributed by atoms with Crippen molar-refractivity contribution in [3.63, 3.8) is 0 Å². The van der Waals surface area contributed by atoms with Gasteiger partial charge in [0.15, 0.2) is 23.3 Å². The lowest BCUT2D eigenvalue weighted by atomic mass is 10.0. The zero-order valence-electron chi connectivity index (χ0n) is 10.1. The lowest BCUT2D eigenvalue weighted by Crippen LogP contribution is -2.03.